The summed E-state index contributed by atoms with van der Waals surface area (Å²) in [7, 11) is 0. The number of hydrogen-bond donors (Lipinski definition) is 1. The van der Waals surface area contributed by atoms with Crippen molar-refractivity contribution in [2.45, 2.75) is 52.0 Å². The molecule has 0 radical (unpaired) electrons. The summed E-state index contributed by atoms with van der Waals surface area (Å²) < 4.78 is 0. The molecule has 0 heterocycles. The largest absolute Gasteiger partial charge is 0.480 e. The molecule has 0 spiro atoms. The van der Waals surface area contributed by atoms with Crippen molar-refractivity contribution in [3.8, 4) is 0 Å². The van der Waals surface area contributed by atoms with Crippen LogP contribution in [0.25, 0.3) is 0 Å². The highest BCUT2D eigenvalue weighted by Gasteiger charge is 2.31. The summed E-state index contributed by atoms with van der Waals surface area (Å²) in [5.74, 6) is 0.0288. The number of hydrogen-bond acceptors (Lipinski definition) is 2. The van der Waals surface area contributed by atoms with Crippen LogP contribution in [0.5, 0.6) is 0 Å². The van der Waals surface area contributed by atoms with Crippen molar-refractivity contribution in [1.82, 2.24) is 4.90 Å². The molecular formula is C12H23NO2. The minimum absolute atomic E-state index is 0.217. The van der Waals surface area contributed by atoms with Gasteiger partial charge in [-0.15, -0.1) is 0 Å². The van der Waals surface area contributed by atoms with Gasteiger partial charge in [-0.2, -0.15) is 0 Å². The molecule has 88 valence electrons. The standard InChI is InChI=1S/C12H23NO2/c1-3-8-13(9-12(14)15)11-7-5-6-10(11)4-2/h10-11H,3-9H2,1-2H3,(H,14,15). The lowest BCUT2D eigenvalue weighted by molar-refractivity contribution is -0.139. The molecule has 1 fully saturated rings. The van der Waals surface area contributed by atoms with E-state index in [1.54, 1.807) is 0 Å². The molecule has 0 aromatic heterocycles. The first-order valence-corrected chi connectivity index (χ1v) is 6.14. The van der Waals surface area contributed by atoms with Crippen LogP contribution in [0.4, 0.5) is 0 Å². The molecule has 3 nitrogen and oxygen atoms in total. The van der Waals surface area contributed by atoms with Crippen LogP contribution in [0.1, 0.15) is 46.0 Å². The molecule has 2 unspecified atom stereocenters. The highest BCUT2D eigenvalue weighted by molar-refractivity contribution is 5.69. The third-order valence-electron chi connectivity index (χ3n) is 3.46. The Hall–Kier alpha value is -0.570. The van der Waals surface area contributed by atoms with Crippen LogP contribution >= 0.6 is 0 Å². The van der Waals surface area contributed by atoms with E-state index in [1.165, 1.54) is 25.7 Å². The molecule has 1 saturated carbocycles. The number of aliphatic carboxylic acids is 1. The lowest BCUT2D eigenvalue weighted by Gasteiger charge is -2.31. The summed E-state index contributed by atoms with van der Waals surface area (Å²) in [6.07, 6.45) is 5.96. The van der Waals surface area contributed by atoms with Gasteiger partial charge in [-0.1, -0.05) is 26.7 Å². The van der Waals surface area contributed by atoms with Gasteiger partial charge in [0.2, 0.25) is 0 Å². The number of nitrogens with zero attached hydrogens (tertiary/aromatic N) is 1. The first-order chi connectivity index (χ1) is 7.19. The predicted molar refractivity (Wildman–Crippen MR) is 60.9 cm³/mol. The van der Waals surface area contributed by atoms with Crippen molar-refractivity contribution in [1.29, 1.82) is 0 Å². The Morgan fingerprint density at radius 3 is 2.67 bits per heavy atom. The minimum atomic E-state index is -0.690. The third kappa shape index (κ3) is 3.49. The van der Waals surface area contributed by atoms with Crippen LogP contribution < -0.4 is 0 Å². The van der Waals surface area contributed by atoms with Crippen LogP contribution in [0, 0.1) is 5.92 Å². The van der Waals surface area contributed by atoms with Crippen LogP contribution in [-0.4, -0.2) is 35.1 Å². The third-order valence-corrected chi connectivity index (χ3v) is 3.46. The second kappa shape index (κ2) is 6.11. The minimum Gasteiger partial charge on any atom is -0.480 e. The van der Waals surface area contributed by atoms with Gasteiger partial charge in [-0.25, -0.2) is 0 Å². The van der Waals surface area contributed by atoms with Gasteiger partial charge in [-0.3, -0.25) is 9.69 Å². The molecule has 1 N–H and O–H groups in total. The van der Waals surface area contributed by atoms with E-state index in [0.29, 0.717) is 6.04 Å². The van der Waals surface area contributed by atoms with E-state index in [-0.39, 0.29) is 6.54 Å². The zero-order valence-electron chi connectivity index (χ0n) is 9.91. The molecule has 15 heavy (non-hydrogen) atoms. The van der Waals surface area contributed by atoms with Gasteiger partial charge in [0, 0.05) is 6.04 Å². The van der Waals surface area contributed by atoms with Crippen molar-refractivity contribution in [2.24, 2.45) is 5.92 Å². The fourth-order valence-electron chi connectivity index (χ4n) is 2.80. The highest BCUT2D eigenvalue weighted by Crippen LogP contribution is 2.32. The molecule has 0 saturated heterocycles. The maximum atomic E-state index is 10.8. The van der Waals surface area contributed by atoms with E-state index in [0.717, 1.165) is 18.9 Å². The van der Waals surface area contributed by atoms with E-state index in [1.807, 2.05) is 0 Å². The summed E-state index contributed by atoms with van der Waals surface area (Å²) in [6, 6.07) is 0.519. The lowest BCUT2D eigenvalue weighted by atomic mass is 9.99. The summed E-state index contributed by atoms with van der Waals surface area (Å²) in [5, 5.41) is 8.89. The number of carboxylic acid groups (broad SMARTS) is 1. The van der Waals surface area contributed by atoms with Crippen LogP contribution in [0.2, 0.25) is 0 Å². The molecule has 2 atom stereocenters. The van der Waals surface area contributed by atoms with Crippen LogP contribution in [0.3, 0.4) is 0 Å². The Bertz CT molecular complexity index is 206. The Kier molecular flexibility index (Phi) is 5.09. The molecule has 0 amide bonds. The fraction of sp³-hybridized carbons (Fsp3) is 0.917. The van der Waals surface area contributed by atoms with Crippen molar-refractivity contribution < 1.29 is 9.90 Å². The maximum Gasteiger partial charge on any atom is 0.317 e. The van der Waals surface area contributed by atoms with E-state index in [9.17, 15) is 4.79 Å². The maximum absolute atomic E-state index is 10.8. The Morgan fingerprint density at radius 1 is 1.40 bits per heavy atom. The van der Waals surface area contributed by atoms with Gasteiger partial charge >= 0.3 is 5.97 Å². The van der Waals surface area contributed by atoms with E-state index in [4.69, 9.17) is 5.11 Å². The van der Waals surface area contributed by atoms with E-state index >= 15 is 0 Å². The topological polar surface area (TPSA) is 40.5 Å². The summed E-state index contributed by atoms with van der Waals surface area (Å²) in [6.45, 7) is 5.47. The Balaban J connectivity index is 2.56. The fourth-order valence-corrected chi connectivity index (χ4v) is 2.80. The molecular weight excluding hydrogens is 190 g/mol. The van der Waals surface area contributed by atoms with Gasteiger partial charge in [0.15, 0.2) is 0 Å². The van der Waals surface area contributed by atoms with Gasteiger partial charge in [0.1, 0.15) is 0 Å². The molecule has 0 aromatic rings. The van der Waals surface area contributed by atoms with Gasteiger partial charge in [-0.05, 0) is 31.7 Å². The second-order valence-corrected chi connectivity index (χ2v) is 4.53. The van der Waals surface area contributed by atoms with Crippen molar-refractivity contribution in [2.75, 3.05) is 13.1 Å². The highest BCUT2D eigenvalue weighted by atomic mass is 16.4. The average Bonchev–Trinajstić information content (AvgIpc) is 2.64. The molecule has 1 aliphatic rings. The first kappa shape index (κ1) is 12.5. The van der Waals surface area contributed by atoms with Crippen LogP contribution in [0.15, 0.2) is 0 Å². The van der Waals surface area contributed by atoms with Gasteiger partial charge in [0.25, 0.3) is 0 Å². The molecule has 0 aliphatic heterocycles. The zero-order valence-corrected chi connectivity index (χ0v) is 9.91. The lowest BCUT2D eigenvalue weighted by Crippen LogP contribution is -2.41. The predicted octanol–water partition coefficient (Wildman–Crippen LogP) is 2.36. The summed E-state index contributed by atoms with van der Waals surface area (Å²) >= 11 is 0. The van der Waals surface area contributed by atoms with Gasteiger partial charge < -0.3 is 5.11 Å². The molecule has 0 aromatic carbocycles. The summed E-state index contributed by atoms with van der Waals surface area (Å²) in [5.41, 5.74) is 0. The smallest absolute Gasteiger partial charge is 0.317 e. The molecule has 3 heteroatoms. The van der Waals surface area contributed by atoms with Crippen molar-refractivity contribution in [3.63, 3.8) is 0 Å². The van der Waals surface area contributed by atoms with Gasteiger partial charge in [0.05, 0.1) is 6.54 Å². The first-order valence-electron chi connectivity index (χ1n) is 6.14. The van der Waals surface area contributed by atoms with E-state index < -0.39 is 5.97 Å². The van der Waals surface area contributed by atoms with Crippen molar-refractivity contribution >= 4 is 5.97 Å². The van der Waals surface area contributed by atoms with E-state index in [2.05, 4.69) is 18.7 Å². The SMILES string of the molecule is CCCN(CC(=O)O)C1CCCC1CC. The number of carboxylic acids is 1. The Morgan fingerprint density at radius 2 is 2.13 bits per heavy atom. The number of carbonyl (C=O) groups is 1. The molecule has 1 aliphatic carbocycles. The molecule has 0 bridgehead atoms. The quantitative estimate of drug-likeness (QED) is 0.736. The second-order valence-electron chi connectivity index (χ2n) is 4.53. The zero-order chi connectivity index (χ0) is 11.3. The normalized spacial score (nSPS) is 26.1. The average molecular weight is 213 g/mol. The molecule has 1 rings (SSSR count). The summed E-state index contributed by atoms with van der Waals surface area (Å²) in [4.78, 5) is 13.0. The Labute approximate surface area is 92.5 Å². The van der Waals surface area contributed by atoms with Crippen LogP contribution in [-0.2, 0) is 4.79 Å². The number of rotatable bonds is 6. The van der Waals surface area contributed by atoms with Crippen molar-refractivity contribution in [3.05, 3.63) is 0 Å². The monoisotopic (exact) mass is 213 g/mol.